The van der Waals surface area contributed by atoms with E-state index < -0.39 is 0 Å². The monoisotopic (exact) mass is 252 g/mol. The number of benzene rings is 1. The van der Waals surface area contributed by atoms with E-state index in [9.17, 15) is 0 Å². The van der Waals surface area contributed by atoms with Crippen LogP contribution in [0.25, 0.3) is 0 Å². The molecule has 0 spiro atoms. The summed E-state index contributed by atoms with van der Waals surface area (Å²) < 4.78 is 0. The lowest BCUT2D eigenvalue weighted by Gasteiger charge is -2.39. The van der Waals surface area contributed by atoms with Gasteiger partial charge in [-0.2, -0.15) is 0 Å². The lowest BCUT2D eigenvalue weighted by molar-refractivity contribution is 0.193. The summed E-state index contributed by atoms with van der Waals surface area (Å²) in [6, 6.07) is 11.3. The molecule has 0 saturated carbocycles. The first-order chi connectivity index (χ1) is 8.31. The van der Waals surface area contributed by atoms with Crippen molar-refractivity contribution in [2.45, 2.75) is 19.4 Å². The third-order valence-corrected chi connectivity index (χ3v) is 3.80. The van der Waals surface area contributed by atoms with Gasteiger partial charge in [-0.1, -0.05) is 18.2 Å². The molecule has 2 nitrogen and oxygen atoms in total. The molecule has 1 atom stereocenters. The van der Waals surface area contributed by atoms with Crippen molar-refractivity contribution < 1.29 is 0 Å². The quantitative estimate of drug-likeness (QED) is 0.761. The summed E-state index contributed by atoms with van der Waals surface area (Å²) in [5, 5.41) is 0. The normalized spacial score (nSPS) is 19.3. The fourth-order valence-electron chi connectivity index (χ4n) is 2.40. The van der Waals surface area contributed by atoms with Gasteiger partial charge < -0.3 is 4.90 Å². The smallest absolute Gasteiger partial charge is 0.0367 e. The summed E-state index contributed by atoms with van der Waals surface area (Å²) >= 11 is 5.80. The Balaban J connectivity index is 1.86. The van der Waals surface area contributed by atoms with Crippen LogP contribution in [0.5, 0.6) is 0 Å². The van der Waals surface area contributed by atoms with Gasteiger partial charge >= 0.3 is 0 Å². The van der Waals surface area contributed by atoms with Crippen molar-refractivity contribution in [2.24, 2.45) is 0 Å². The first kappa shape index (κ1) is 12.7. The zero-order valence-electron chi connectivity index (χ0n) is 10.5. The number of anilines is 1. The fourth-order valence-corrected chi connectivity index (χ4v) is 2.72. The topological polar surface area (TPSA) is 6.48 Å². The Labute approximate surface area is 109 Å². The average molecular weight is 253 g/mol. The van der Waals surface area contributed by atoms with Crippen LogP contribution in [-0.2, 0) is 0 Å². The molecule has 0 amide bonds. The van der Waals surface area contributed by atoms with Crippen molar-refractivity contribution in [1.82, 2.24) is 4.90 Å². The number of halogens is 1. The van der Waals surface area contributed by atoms with Crippen LogP contribution in [-0.4, -0.2) is 43.0 Å². The molecule has 1 aromatic carbocycles. The number of piperazine rings is 1. The Morgan fingerprint density at radius 3 is 2.35 bits per heavy atom. The average Bonchev–Trinajstić information content (AvgIpc) is 2.40. The first-order valence-electron chi connectivity index (χ1n) is 6.41. The molecule has 3 heteroatoms. The number of nitrogens with zero attached hydrogens (tertiary/aromatic N) is 2. The van der Waals surface area contributed by atoms with Crippen LogP contribution in [0.2, 0.25) is 0 Å². The van der Waals surface area contributed by atoms with Gasteiger partial charge in [0, 0.05) is 43.8 Å². The fraction of sp³-hybridized carbons (Fsp3) is 0.571. The highest BCUT2D eigenvalue weighted by Crippen LogP contribution is 2.17. The Hall–Kier alpha value is -0.730. The molecule has 94 valence electrons. The summed E-state index contributed by atoms with van der Waals surface area (Å²) in [5.41, 5.74) is 1.34. The SMILES string of the molecule is CC(CCCl)N1CCN(c2ccccc2)CC1. The van der Waals surface area contributed by atoms with E-state index in [1.807, 2.05) is 0 Å². The molecule has 1 heterocycles. The number of hydrogen-bond donors (Lipinski definition) is 0. The highest BCUT2D eigenvalue weighted by molar-refractivity contribution is 6.17. The largest absolute Gasteiger partial charge is 0.369 e. The molecular weight excluding hydrogens is 232 g/mol. The Morgan fingerprint density at radius 2 is 1.76 bits per heavy atom. The van der Waals surface area contributed by atoms with Gasteiger partial charge in [0.15, 0.2) is 0 Å². The van der Waals surface area contributed by atoms with Crippen LogP contribution in [0.1, 0.15) is 13.3 Å². The number of hydrogen-bond acceptors (Lipinski definition) is 2. The third kappa shape index (κ3) is 3.36. The van der Waals surface area contributed by atoms with Crippen LogP contribution >= 0.6 is 11.6 Å². The lowest BCUT2D eigenvalue weighted by atomic mass is 10.1. The summed E-state index contributed by atoms with van der Waals surface area (Å²) in [6.07, 6.45) is 1.09. The van der Waals surface area contributed by atoms with E-state index in [0.29, 0.717) is 6.04 Å². The van der Waals surface area contributed by atoms with E-state index in [0.717, 1.165) is 38.5 Å². The van der Waals surface area contributed by atoms with Gasteiger partial charge in [-0.3, -0.25) is 4.90 Å². The van der Waals surface area contributed by atoms with E-state index in [4.69, 9.17) is 11.6 Å². The number of para-hydroxylation sites is 1. The molecule has 1 fully saturated rings. The second-order valence-electron chi connectivity index (χ2n) is 4.69. The zero-order chi connectivity index (χ0) is 12.1. The van der Waals surface area contributed by atoms with Crippen LogP contribution in [0.4, 0.5) is 5.69 Å². The van der Waals surface area contributed by atoms with Crippen LogP contribution in [0.15, 0.2) is 30.3 Å². The van der Waals surface area contributed by atoms with Crippen molar-refractivity contribution >= 4 is 17.3 Å². The van der Waals surface area contributed by atoms with Crippen molar-refractivity contribution in [3.8, 4) is 0 Å². The maximum atomic E-state index is 5.80. The Kier molecular flexibility index (Phi) is 4.69. The van der Waals surface area contributed by atoms with E-state index >= 15 is 0 Å². The molecule has 1 aliphatic rings. The zero-order valence-corrected chi connectivity index (χ0v) is 11.2. The molecule has 1 unspecified atom stereocenters. The standard InChI is InChI=1S/C14H21ClN2/c1-13(7-8-15)16-9-11-17(12-10-16)14-5-3-2-4-6-14/h2-6,13H,7-12H2,1H3. The van der Waals surface area contributed by atoms with Gasteiger partial charge in [0.2, 0.25) is 0 Å². The Bertz CT molecular complexity index is 320. The van der Waals surface area contributed by atoms with Gasteiger partial charge in [0.05, 0.1) is 0 Å². The summed E-state index contributed by atoms with van der Waals surface area (Å²) in [4.78, 5) is 5.01. The van der Waals surface area contributed by atoms with Crippen molar-refractivity contribution in [1.29, 1.82) is 0 Å². The second kappa shape index (κ2) is 6.27. The third-order valence-electron chi connectivity index (χ3n) is 3.59. The molecule has 0 N–H and O–H groups in total. The molecule has 0 radical (unpaired) electrons. The maximum absolute atomic E-state index is 5.80. The minimum Gasteiger partial charge on any atom is -0.369 e. The molecular formula is C14H21ClN2. The van der Waals surface area contributed by atoms with Gasteiger partial charge in [-0.05, 0) is 25.5 Å². The second-order valence-corrected chi connectivity index (χ2v) is 5.06. The highest BCUT2D eigenvalue weighted by Gasteiger charge is 2.20. The molecule has 0 aliphatic carbocycles. The first-order valence-corrected chi connectivity index (χ1v) is 6.94. The van der Waals surface area contributed by atoms with Gasteiger partial charge in [-0.15, -0.1) is 11.6 Å². The van der Waals surface area contributed by atoms with E-state index in [-0.39, 0.29) is 0 Å². The van der Waals surface area contributed by atoms with E-state index in [1.165, 1.54) is 5.69 Å². The van der Waals surface area contributed by atoms with E-state index in [2.05, 4.69) is 47.1 Å². The highest BCUT2D eigenvalue weighted by atomic mass is 35.5. The molecule has 1 aromatic rings. The molecule has 17 heavy (non-hydrogen) atoms. The molecule has 0 aromatic heterocycles. The van der Waals surface area contributed by atoms with Crippen LogP contribution in [0, 0.1) is 0 Å². The predicted octanol–water partition coefficient (Wildman–Crippen LogP) is 2.83. The van der Waals surface area contributed by atoms with Gasteiger partial charge in [0.1, 0.15) is 0 Å². The number of rotatable bonds is 4. The van der Waals surface area contributed by atoms with E-state index in [1.54, 1.807) is 0 Å². The summed E-state index contributed by atoms with van der Waals surface area (Å²) in [5.74, 6) is 0.764. The van der Waals surface area contributed by atoms with Crippen LogP contribution in [0.3, 0.4) is 0 Å². The maximum Gasteiger partial charge on any atom is 0.0367 e. The van der Waals surface area contributed by atoms with Crippen molar-refractivity contribution in [2.75, 3.05) is 37.0 Å². The molecule has 1 aliphatic heterocycles. The van der Waals surface area contributed by atoms with Crippen molar-refractivity contribution in [3.05, 3.63) is 30.3 Å². The van der Waals surface area contributed by atoms with Crippen LogP contribution < -0.4 is 4.90 Å². The Morgan fingerprint density at radius 1 is 1.12 bits per heavy atom. The van der Waals surface area contributed by atoms with Gasteiger partial charge in [-0.25, -0.2) is 0 Å². The minimum atomic E-state index is 0.616. The minimum absolute atomic E-state index is 0.616. The summed E-state index contributed by atoms with van der Waals surface area (Å²) in [7, 11) is 0. The molecule has 2 rings (SSSR count). The van der Waals surface area contributed by atoms with Crippen molar-refractivity contribution in [3.63, 3.8) is 0 Å². The van der Waals surface area contributed by atoms with Gasteiger partial charge in [0.25, 0.3) is 0 Å². The number of alkyl halides is 1. The molecule has 0 bridgehead atoms. The lowest BCUT2D eigenvalue weighted by Crippen LogP contribution is -2.49. The summed E-state index contributed by atoms with van der Waals surface area (Å²) in [6.45, 7) is 6.81. The molecule has 1 saturated heterocycles. The predicted molar refractivity (Wildman–Crippen MR) is 75.0 cm³/mol.